The summed E-state index contributed by atoms with van der Waals surface area (Å²) in [5, 5.41) is 21.5. The molecule has 9 rings (SSSR count). The zero-order valence-corrected chi connectivity index (χ0v) is 30.9. The van der Waals surface area contributed by atoms with E-state index >= 15 is 4.39 Å². The van der Waals surface area contributed by atoms with Crippen LogP contribution in [0.4, 0.5) is 9.18 Å². The molecule has 6 atom stereocenters. The molecule has 1 N–H and O–H groups in total. The first kappa shape index (κ1) is 34.9. The second kappa shape index (κ2) is 13.4. The minimum atomic E-state index is -0.961. The molecule has 5 fully saturated rings. The van der Waals surface area contributed by atoms with Crippen molar-refractivity contribution in [3.05, 3.63) is 57.5 Å². The number of pyridine rings is 1. The summed E-state index contributed by atoms with van der Waals surface area (Å²) >= 11 is 13.2. The maximum absolute atomic E-state index is 17.5. The first-order valence-corrected chi connectivity index (χ1v) is 18.9. The third-order valence-corrected chi connectivity index (χ3v) is 12.8. The highest BCUT2D eigenvalue weighted by molar-refractivity contribution is 6.43. The number of carboxylic acid groups (broad SMARTS) is 1. The zero-order chi connectivity index (χ0) is 36.6. The van der Waals surface area contributed by atoms with Crippen molar-refractivity contribution < 1.29 is 23.8 Å². The van der Waals surface area contributed by atoms with Crippen LogP contribution in [0.3, 0.4) is 0 Å². The van der Waals surface area contributed by atoms with Gasteiger partial charge < -0.3 is 24.2 Å². The Morgan fingerprint density at radius 3 is 2.63 bits per heavy atom. The third kappa shape index (κ3) is 5.48. The molecule has 6 heterocycles. The number of carbonyl (C=O) groups is 2. The number of halogens is 3. The van der Waals surface area contributed by atoms with E-state index in [1.165, 1.54) is 4.90 Å². The lowest BCUT2D eigenvalue weighted by atomic mass is 9.79. The number of amides is 2. The van der Waals surface area contributed by atoms with Gasteiger partial charge in [0, 0.05) is 60.6 Å². The normalized spacial score (nSPS) is 24.8. The van der Waals surface area contributed by atoms with Crippen LogP contribution in [-0.4, -0.2) is 86.2 Å². The van der Waals surface area contributed by atoms with E-state index in [4.69, 9.17) is 32.9 Å². The summed E-state index contributed by atoms with van der Waals surface area (Å²) in [5.41, 5.74) is 2.88. The van der Waals surface area contributed by atoms with Crippen LogP contribution < -0.4 is 4.74 Å². The van der Waals surface area contributed by atoms with Crippen LogP contribution in [0, 0.1) is 23.1 Å². The van der Waals surface area contributed by atoms with Crippen LogP contribution >= 0.6 is 23.2 Å². The van der Waals surface area contributed by atoms with Crippen LogP contribution in [0.2, 0.25) is 10.0 Å². The maximum atomic E-state index is 17.5. The number of benzene rings is 2. The molecule has 272 valence electrons. The molecule has 4 saturated heterocycles. The smallest absolute Gasteiger partial charge is 0.407 e. The molecule has 52 heavy (non-hydrogen) atoms. The summed E-state index contributed by atoms with van der Waals surface area (Å²) in [4.78, 5) is 36.0. The SMILES string of the molecule is CC(=O)N1CCCC1c1cc2c(O[C@@H](C)C3CCCN3C)nc3c(F)c(-c4cccc(Cl)c4Cl)c(CCC#N)cc3c2n1[C@H]1[C@@H]2C[C@H]1N(C(=O)O)C2. The molecule has 10 nitrogen and oxygen atoms in total. The van der Waals surface area contributed by atoms with Crippen molar-refractivity contribution in [2.75, 3.05) is 26.7 Å². The molecule has 2 amide bonds. The molecule has 2 unspecified atom stereocenters. The molecule has 0 spiro atoms. The van der Waals surface area contributed by atoms with E-state index in [0.717, 1.165) is 44.3 Å². The van der Waals surface area contributed by atoms with Gasteiger partial charge in [0.2, 0.25) is 11.8 Å². The number of aromatic nitrogens is 2. The number of rotatable bonds is 8. The van der Waals surface area contributed by atoms with Gasteiger partial charge in [-0.2, -0.15) is 5.26 Å². The molecule has 5 aliphatic rings. The first-order valence-electron chi connectivity index (χ1n) is 18.1. The lowest BCUT2D eigenvalue weighted by Crippen LogP contribution is -2.43. The van der Waals surface area contributed by atoms with Crippen molar-refractivity contribution in [3.8, 4) is 23.1 Å². The number of nitrogens with zero attached hydrogens (tertiary/aromatic N) is 6. The van der Waals surface area contributed by atoms with E-state index in [1.54, 1.807) is 25.1 Å². The highest BCUT2D eigenvalue weighted by Gasteiger charge is 2.56. The summed E-state index contributed by atoms with van der Waals surface area (Å²) in [7, 11) is 2.08. The first-order chi connectivity index (χ1) is 25.0. The van der Waals surface area contributed by atoms with Gasteiger partial charge in [0.25, 0.3) is 0 Å². The van der Waals surface area contributed by atoms with E-state index in [1.807, 2.05) is 24.0 Å². The van der Waals surface area contributed by atoms with Crippen LogP contribution in [0.1, 0.15) is 75.7 Å². The number of ether oxygens (including phenoxy) is 1. The maximum Gasteiger partial charge on any atom is 0.407 e. The lowest BCUT2D eigenvalue weighted by Gasteiger charge is -2.40. The van der Waals surface area contributed by atoms with Crippen LogP contribution in [0.5, 0.6) is 5.88 Å². The fourth-order valence-corrected chi connectivity index (χ4v) is 9.99. The number of carbonyl (C=O) groups excluding carboxylic acids is 1. The van der Waals surface area contributed by atoms with Gasteiger partial charge >= 0.3 is 6.09 Å². The van der Waals surface area contributed by atoms with E-state index in [-0.39, 0.29) is 81.9 Å². The molecule has 2 bridgehead atoms. The number of likely N-dealkylation sites (tertiary alicyclic amines) is 2. The summed E-state index contributed by atoms with van der Waals surface area (Å²) in [6.07, 6.45) is 3.47. The van der Waals surface area contributed by atoms with Crippen LogP contribution in [-0.2, 0) is 11.2 Å². The van der Waals surface area contributed by atoms with Crippen LogP contribution in [0.15, 0.2) is 30.3 Å². The number of nitriles is 1. The molecule has 4 aromatic rings. The van der Waals surface area contributed by atoms with Gasteiger partial charge in [-0.3, -0.25) is 9.69 Å². The molecule has 2 aromatic carbocycles. The Labute approximate surface area is 311 Å². The van der Waals surface area contributed by atoms with Crippen molar-refractivity contribution >= 4 is 57.0 Å². The number of aryl methyl sites for hydroxylation is 1. The third-order valence-electron chi connectivity index (χ3n) is 12.0. The van der Waals surface area contributed by atoms with Crippen molar-refractivity contribution in [2.24, 2.45) is 5.92 Å². The molecule has 1 aliphatic carbocycles. The van der Waals surface area contributed by atoms with Crippen LogP contribution in [0.25, 0.3) is 32.9 Å². The number of fused-ring (bicyclic) bond motifs is 4. The Hall–Kier alpha value is -4.11. The fourth-order valence-electron chi connectivity index (χ4n) is 9.60. The number of hydrogen-bond acceptors (Lipinski definition) is 6. The van der Waals surface area contributed by atoms with E-state index in [9.17, 15) is 20.0 Å². The van der Waals surface area contributed by atoms with Gasteiger partial charge in [0.05, 0.1) is 45.1 Å². The fraction of sp³-hybridized carbons (Fsp3) is 0.487. The topological polar surface area (TPSA) is 115 Å². The second-order valence-electron chi connectivity index (χ2n) is 14.9. The van der Waals surface area contributed by atoms with Gasteiger partial charge in [-0.15, -0.1) is 0 Å². The predicted octanol–water partition coefficient (Wildman–Crippen LogP) is 8.23. The van der Waals surface area contributed by atoms with Crippen molar-refractivity contribution in [1.82, 2.24) is 24.3 Å². The van der Waals surface area contributed by atoms with Crippen molar-refractivity contribution in [3.63, 3.8) is 0 Å². The standard InChI is InChI=1S/C39H41Cl2FN6O4/c1-20(28-11-6-14-45(28)3)52-38-26-18-30(29-12-7-15-46(29)21(2)49)48(36-23-17-31(36)47(19-23)39(50)51)37(26)25-16-22(8-5-13-43)32(34(42)35(25)44-38)24-9-4-10-27(40)33(24)41/h4,9-10,16,18,20,23,28-29,31,36H,5-8,11-12,14-15,17,19H2,1-3H3,(H,50,51)/t20-,23+,28?,29?,31+,36-/m0/s1. The van der Waals surface area contributed by atoms with Crippen molar-refractivity contribution in [2.45, 2.75) is 89.1 Å². The van der Waals surface area contributed by atoms with E-state index < -0.39 is 11.9 Å². The minimum Gasteiger partial charge on any atom is -0.472 e. The minimum absolute atomic E-state index is 0.0340. The Kier molecular flexibility index (Phi) is 9.00. The quantitative estimate of drug-likeness (QED) is 0.193. The van der Waals surface area contributed by atoms with Gasteiger partial charge in [0.15, 0.2) is 5.82 Å². The summed E-state index contributed by atoms with van der Waals surface area (Å²) < 4.78 is 26.5. The number of hydrogen-bond donors (Lipinski definition) is 1. The van der Waals surface area contributed by atoms with Gasteiger partial charge in [0.1, 0.15) is 11.6 Å². The Morgan fingerprint density at radius 2 is 1.94 bits per heavy atom. The lowest BCUT2D eigenvalue weighted by molar-refractivity contribution is -0.129. The number of likely N-dealkylation sites (N-methyl/N-ethyl adjacent to an activating group) is 1. The average molecular weight is 748 g/mol. The average Bonchev–Trinajstić information content (AvgIpc) is 3.94. The van der Waals surface area contributed by atoms with Gasteiger partial charge in [-0.05, 0) is 82.8 Å². The summed E-state index contributed by atoms with van der Waals surface area (Å²) in [5.74, 6) is -0.297. The van der Waals surface area contributed by atoms with Gasteiger partial charge in [-0.25, -0.2) is 14.2 Å². The predicted molar refractivity (Wildman–Crippen MR) is 197 cm³/mol. The zero-order valence-electron chi connectivity index (χ0n) is 29.4. The summed E-state index contributed by atoms with van der Waals surface area (Å²) in [6, 6.07) is 10.6. The Balaban J connectivity index is 1.45. The highest BCUT2D eigenvalue weighted by Crippen LogP contribution is 2.54. The van der Waals surface area contributed by atoms with E-state index in [2.05, 4.69) is 22.6 Å². The molecule has 4 aliphatic heterocycles. The van der Waals surface area contributed by atoms with Crippen molar-refractivity contribution in [1.29, 1.82) is 5.26 Å². The Morgan fingerprint density at radius 1 is 1.15 bits per heavy atom. The monoisotopic (exact) mass is 746 g/mol. The molecule has 2 aromatic heterocycles. The molecule has 1 saturated carbocycles. The Bertz CT molecular complexity index is 2170. The largest absolute Gasteiger partial charge is 0.472 e. The van der Waals surface area contributed by atoms with E-state index in [0.29, 0.717) is 40.5 Å². The summed E-state index contributed by atoms with van der Waals surface area (Å²) in [6.45, 7) is 5.57. The molecule has 13 heteroatoms. The van der Waals surface area contributed by atoms with Gasteiger partial charge in [-0.1, -0.05) is 35.3 Å². The molecule has 0 radical (unpaired) electrons. The molecular formula is C39H41Cl2FN6O4. The second-order valence-corrected chi connectivity index (χ2v) is 15.7. The molecular weight excluding hydrogens is 706 g/mol. The highest BCUT2D eigenvalue weighted by atomic mass is 35.5.